The lowest BCUT2D eigenvalue weighted by atomic mass is 10.0. The van der Waals surface area contributed by atoms with Gasteiger partial charge in [-0.25, -0.2) is 0 Å². The lowest BCUT2D eigenvalue weighted by molar-refractivity contribution is -0.147. The van der Waals surface area contributed by atoms with E-state index < -0.39 is 5.54 Å². The third-order valence-electron chi connectivity index (χ3n) is 1.68. The van der Waals surface area contributed by atoms with Gasteiger partial charge in [-0.05, 0) is 27.0 Å². The number of hydrogen-bond donors (Lipinski definition) is 1. The Kier molecular flexibility index (Phi) is 5.40. The molecule has 0 saturated heterocycles. The van der Waals surface area contributed by atoms with Crippen molar-refractivity contribution >= 4 is 17.7 Å². The summed E-state index contributed by atoms with van der Waals surface area (Å²) in [7, 11) is 1.42. The van der Waals surface area contributed by atoms with Gasteiger partial charge >= 0.3 is 5.97 Å². The van der Waals surface area contributed by atoms with Crippen LogP contribution in [0, 0.1) is 0 Å². The second-order valence-corrected chi connectivity index (χ2v) is 4.42. The van der Waals surface area contributed by atoms with Gasteiger partial charge in [0.25, 0.3) is 0 Å². The number of rotatable bonds is 5. The maximum Gasteiger partial charge on any atom is 0.326 e. The monoisotopic (exact) mass is 205 g/mol. The van der Waals surface area contributed by atoms with E-state index in [2.05, 4.69) is 5.32 Å². The van der Waals surface area contributed by atoms with Crippen molar-refractivity contribution in [3.63, 3.8) is 0 Å². The highest BCUT2D eigenvalue weighted by atomic mass is 32.2. The molecule has 0 radical (unpaired) electrons. The molecule has 0 heterocycles. The van der Waals surface area contributed by atoms with Gasteiger partial charge in [-0.15, -0.1) is 0 Å². The molecule has 0 fully saturated rings. The molecule has 1 unspecified atom stereocenters. The Morgan fingerprint density at radius 2 is 2.15 bits per heavy atom. The van der Waals surface area contributed by atoms with Crippen molar-refractivity contribution in [2.75, 3.05) is 19.1 Å². The van der Waals surface area contributed by atoms with Crippen LogP contribution in [0.4, 0.5) is 0 Å². The first kappa shape index (κ1) is 12.8. The first-order valence-electron chi connectivity index (χ1n) is 4.31. The number of nitrogens with one attached hydrogen (secondary N) is 1. The quantitative estimate of drug-likeness (QED) is 0.686. The highest BCUT2D eigenvalue weighted by Crippen LogP contribution is 2.13. The molecule has 0 aromatic heterocycles. The summed E-state index contributed by atoms with van der Waals surface area (Å²) in [5.41, 5.74) is -0.567. The third-order valence-corrected chi connectivity index (χ3v) is 2.54. The largest absolute Gasteiger partial charge is 0.468 e. The van der Waals surface area contributed by atoms with Crippen LogP contribution in [0.1, 0.15) is 20.8 Å². The van der Waals surface area contributed by atoms with E-state index in [9.17, 15) is 4.79 Å². The van der Waals surface area contributed by atoms with Gasteiger partial charge < -0.3 is 4.74 Å². The average Bonchev–Trinajstić information content (AvgIpc) is 2.02. The minimum absolute atomic E-state index is 0.199. The number of thioether (sulfide) groups is 1. The average molecular weight is 205 g/mol. The van der Waals surface area contributed by atoms with Crippen molar-refractivity contribution in [2.24, 2.45) is 0 Å². The molecule has 1 atom stereocenters. The number of esters is 1. The Morgan fingerprint density at radius 3 is 2.46 bits per heavy atom. The molecule has 0 aliphatic carbocycles. The van der Waals surface area contributed by atoms with Gasteiger partial charge in [0.2, 0.25) is 0 Å². The van der Waals surface area contributed by atoms with E-state index in [0.29, 0.717) is 0 Å². The van der Waals surface area contributed by atoms with Crippen molar-refractivity contribution in [3.8, 4) is 0 Å². The van der Waals surface area contributed by atoms with E-state index in [1.165, 1.54) is 7.11 Å². The summed E-state index contributed by atoms with van der Waals surface area (Å²) >= 11 is 1.63. The van der Waals surface area contributed by atoms with E-state index >= 15 is 0 Å². The second kappa shape index (κ2) is 5.50. The SMILES string of the molecule is COC(=O)C(C)(CSC)NC(C)C. The van der Waals surface area contributed by atoms with E-state index in [1.54, 1.807) is 11.8 Å². The molecule has 13 heavy (non-hydrogen) atoms. The predicted octanol–water partition coefficient (Wildman–Crippen LogP) is 1.28. The Bertz CT molecular complexity index is 173. The molecule has 0 aliphatic heterocycles. The summed E-state index contributed by atoms with van der Waals surface area (Å²) in [5.74, 6) is 0.522. The summed E-state index contributed by atoms with van der Waals surface area (Å²) in [4.78, 5) is 11.5. The van der Waals surface area contributed by atoms with Crippen molar-refractivity contribution in [1.29, 1.82) is 0 Å². The van der Waals surface area contributed by atoms with Crippen LogP contribution in [0.3, 0.4) is 0 Å². The van der Waals surface area contributed by atoms with E-state index in [1.807, 2.05) is 27.0 Å². The number of carbonyl (C=O) groups excluding carboxylic acids is 1. The van der Waals surface area contributed by atoms with Crippen molar-refractivity contribution in [3.05, 3.63) is 0 Å². The van der Waals surface area contributed by atoms with E-state index in [0.717, 1.165) is 5.75 Å². The minimum atomic E-state index is -0.567. The molecule has 0 rings (SSSR count). The van der Waals surface area contributed by atoms with Gasteiger partial charge in [-0.1, -0.05) is 0 Å². The van der Waals surface area contributed by atoms with Crippen molar-refractivity contribution in [1.82, 2.24) is 5.32 Å². The van der Waals surface area contributed by atoms with Crippen molar-refractivity contribution < 1.29 is 9.53 Å². The van der Waals surface area contributed by atoms with Gasteiger partial charge in [0.15, 0.2) is 0 Å². The van der Waals surface area contributed by atoms with Crippen LogP contribution < -0.4 is 5.32 Å². The zero-order chi connectivity index (χ0) is 10.5. The lowest BCUT2D eigenvalue weighted by Crippen LogP contribution is -2.54. The highest BCUT2D eigenvalue weighted by Gasteiger charge is 2.33. The standard InChI is InChI=1S/C9H19NO2S/c1-7(2)10-9(3,6-13-5)8(11)12-4/h7,10H,6H2,1-5H3. The summed E-state index contributed by atoms with van der Waals surface area (Å²) < 4.78 is 4.75. The van der Waals surface area contributed by atoms with Gasteiger partial charge in [-0.3, -0.25) is 10.1 Å². The Hall–Kier alpha value is -0.220. The maximum absolute atomic E-state index is 11.5. The molecule has 78 valence electrons. The van der Waals surface area contributed by atoms with E-state index in [-0.39, 0.29) is 12.0 Å². The Labute approximate surface area is 84.6 Å². The number of methoxy groups -OCH3 is 1. The molecule has 3 nitrogen and oxygen atoms in total. The fourth-order valence-corrected chi connectivity index (χ4v) is 2.09. The topological polar surface area (TPSA) is 38.3 Å². The van der Waals surface area contributed by atoms with Crippen LogP contribution in [0.15, 0.2) is 0 Å². The zero-order valence-corrected chi connectivity index (χ0v) is 9.83. The molecule has 0 aromatic rings. The number of ether oxygens (including phenoxy) is 1. The second-order valence-electron chi connectivity index (χ2n) is 3.56. The molecule has 0 aromatic carbocycles. The van der Waals surface area contributed by atoms with Crippen LogP contribution in [0.5, 0.6) is 0 Å². The molecule has 0 spiro atoms. The molecule has 4 heteroatoms. The minimum Gasteiger partial charge on any atom is -0.468 e. The molecule has 0 bridgehead atoms. The third kappa shape index (κ3) is 4.00. The normalized spacial score (nSPS) is 15.5. The summed E-state index contributed by atoms with van der Waals surface area (Å²) in [6.07, 6.45) is 1.98. The first-order chi connectivity index (χ1) is 5.96. The van der Waals surface area contributed by atoms with E-state index in [4.69, 9.17) is 4.74 Å². The molecule has 1 N–H and O–H groups in total. The first-order valence-corrected chi connectivity index (χ1v) is 5.70. The van der Waals surface area contributed by atoms with Gasteiger partial charge in [-0.2, -0.15) is 11.8 Å². The predicted molar refractivity (Wildman–Crippen MR) is 57.1 cm³/mol. The van der Waals surface area contributed by atoms with Gasteiger partial charge in [0, 0.05) is 11.8 Å². The summed E-state index contributed by atoms with van der Waals surface area (Å²) in [6.45, 7) is 5.90. The van der Waals surface area contributed by atoms with Crippen molar-refractivity contribution in [2.45, 2.75) is 32.4 Å². The van der Waals surface area contributed by atoms with Crippen LogP contribution in [0.2, 0.25) is 0 Å². The Morgan fingerprint density at radius 1 is 1.62 bits per heavy atom. The van der Waals surface area contributed by atoms with Crippen LogP contribution in [-0.4, -0.2) is 36.7 Å². The lowest BCUT2D eigenvalue weighted by Gasteiger charge is -2.29. The Balaban J connectivity index is 4.41. The smallest absolute Gasteiger partial charge is 0.326 e. The fourth-order valence-electron chi connectivity index (χ4n) is 1.31. The zero-order valence-electron chi connectivity index (χ0n) is 9.01. The summed E-state index contributed by atoms with van der Waals surface area (Å²) in [6, 6.07) is 0.274. The molecule has 0 aliphatic rings. The van der Waals surface area contributed by atoms with Crippen LogP contribution in [-0.2, 0) is 9.53 Å². The molecular formula is C9H19NO2S. The molecular weight excluding hydrogens is 186 g/mol. The molecule has 0 saturated carbocycles. The number of hydrogen-bond acceptors (Lipinski definition) is 4. The maximum atomic E-state index is 11.5. The van der Waals surface area contributed by atoms with Crippen LogP contribution >= 0.6 is 11.8 Å². The van der Waals surface area contributed by atoms with Gasteiger partial charge in [0.05, 0.1) is 7.11 Å². The van der Waals surface area contributed by atoms with Crippen LogP contribution in [0.25, 0.3) is 0 Å². The molecule has 0 amide bonds. The summed E-state index contributed by atoms with van der Waals surface area (Å²) in [5, 5.41) is 3.21. The number of carbonyl (C=O) groups is 1. The van der Waals surface area contributed by atoms with Gasteiger partial charge in [0.1, 0.15) is 5.54 Å². The fraction of sp³-hybridized carbons (Fsp3) is 0.889. The highest BCUT2D eigenvalue weighted by molar-refractivity contribution is 7.98.